The van der Waals surface area contributed by atoms with Gasteiger partial charge in [-0.15, -0.1) is 0 Å². The zero-order valence-corrected chi connectivity index (χ0v) is 24.2. The van der Waals surface area contributed by atoms with Gasteiger partial charge in [-0.1, -0.05) is 97.1 Å². The van der Waals surface area contributed by atoms with Crippen molar-refractivity contribution < 1.29 is 28.5 Å². The summed E-state index contributed by atoms with van der Waals surface area (Å²) in [4.78, 5) is 0. The van der Waals surface area contributed by atoms with Crippen LogP contribution in [0, 0.1) is 11.6 Å². The maximum Gasteiger partial charge on any atom is 0.131 e. The number of benzene rings is 6. The van der Waals surface area contributed by atoms with E-state index < -0.39 is 5.82 Å². The molecule has 2 N–H and O–H groups in total. The average molecular weight is 589 g/mol. The van der Waals surface area contributed by atoms with Gasteiger partial charge in [-0.25, -0.2) is 8.78 Å². The number of hydrogen-bond acceptors (Lipinski definition) is 4. The fourth-order valence-corrected chi connectivity index (χ4v) is 4.98. The molecule has 220 valence electrons. The summed E-state index contributed by atoms with van der Waals surface area (Å²) >= 11 is 0. The lowest BCUT2D eigenvalue weighted by atomic mass is 9.98. The molecule has 0 unspecified atom stereocenters. The Morgan fingerprint density at radius 1 is 0.432 bits per heavy atom. The normalized spacial score (nSPS) is 10.5. The number of methoxy groups -OCH3 is 2. The summed E-state index contributed by atoms with van der Waals surface area (Å²) in [5.41, 5.74) is 4.82. The quantitative estimate of drug-likeness (QED) is 0.203. The van der Waals surface area contributed by atoms with Gasteiger partial charge < -0.3 is 19.7 Å². The van der Waals surface area contributed by atoms with Crippen molar-refractivity contribution in [3.63, 3.8) is 0 Å². The van der Waals surface area contributed by atoms with E-state index in [4.69, 9.17) is 9.47 Å². The van der Waals surface area contributed by atoms with Crippen LogP contribution in [-0.2, 0) is 0 Å². The highest BCUT2D eigenvalue weighted by molar-refractivity contribution is 5.80. The van der Waals surface area contributed by atoms with E-state index >= 15 is 0 Å². The van der Waals surface area contributed by atoms with Gasteiger partial charge in [0.1, 0.15) is 34.6 Å². The number of phenolic OH excluding ortho intramolecular Hbond substituents is 2. The summed E-state index contributed by atoms with van der Waals surface area (Å²) in [6, 6.07) is 38.8. The first kappa shape index (κ1) is 29.9. The largest absolute Gasteiger partial charge is 0.507 e. The van der Waals surface area contributed by atoms with Crippen LogP contribution >= 0.6 is 0 Å². The Hall–Kier alpha value is -5.62. The highest BCUT2D eigenvalue weighted by Gasteiger charge is 2.17. The molecule has 6 aromatic carbocycles. The first-order chi connectivity index (χ1) is 21.4. The zero-order chi connectivity index (χ0) is 31.1. The van der Waals surface area contributed by atoms with Gasteiger partial charge in [0.05, 0.1) is 25.3 Å². The zero-order valence-electron chi connectivity index (χ0n) is 24.2. The number of halogens is 2. The topological polar surface area (TPSA) is 58.9 Å². The van der Waals surface area contributed by atoms with Crippen LogP contribution in [0.5, 0.6) is 23.0 Å². The molecule has 0 aliphatic rings. The van der Waals surface area contributed by atoms with Crippen LogP contribution in [0.2, 0.25) is 0 Å². The van der Waals surface area contributed by atoms with Gasteiger partial charge in [0.25, 0.3) is 0 Å². The second-order valence-electron chi connectivity index (χ2n) is 9.83. The summed E-state index contributed by atoms with van der Waals surface area (Å²) < 4.78 is 39.8. The Labute approximate surface area is 255 Å². The van der Waals surface area contributed by atoms with Crippen LogP contribution in [-0.4, -0.2) is 24.4 Å². The van der Waals surface area contributed by atoms with E-state index in [-0.39, 0.29) is 28.4 Å². The lowest BCUT2D eigenvalue weighted by molar-refractivity contribution is 0.397. The molecule has 0 saturated carbocycles. The van der Waals surface area contributed by atoms with Gasteiger partial charge in [-0.05, 0) is 58.7 Å². The third kappa shape index (κ3) is 6.40. The molecule has 0 heterocycles. The number of ether oxygens (including phenoxy) is 2. The van der Waals surface area contributed by atoms with E-state index in [1.165, 1.54) is 30.3 Å². The highest BCUT2D eigenvalue weighted by atomic mass is 19.1. The second kappa shape index (κ2) is 13.6. The summed E-state index contributed by atoms with van der Waals surface area (Å²) in [5, 5.41) is 19.7. The van der Waals surface area contributed by atoms with Crippen molar-refractivity contribution in [2.24, 2.45) is 0 Å². The lowest BCUT2D eigenvalue weighted by Crippen LogP contribution is -1.95. The molecule has 0 spiro atoms. The molecular formula is C38H30F2O4. The van der Waals surface area contributed by atoms with Crippen molar-refractivity contribution in [3.05, 3.63) is 145 Å². The monoisotopic (exact) mass is 588 g/mol. The third-order valence-electron chi connectivity index (χ3n) is 7.14. The van der Waals surface area contributed by atoms with Crippen molar-refractivity contribution in [1.29, 1.82) is 0 Å². The minimum atomic E-state index is -0.492. The molecule has 0 aliphatic carbocycles. The minimum Gasteiger partial charge on any atom is -0.507 e. The SMILES string of the molecule is COc1cccc(OC)c1-c1ccc(-c2ccccc2)cc1F.Oc1cccc(O)c1-c1ccc(-c2ccccc2)cc1F. The number of rotatable bonds is 6. The van der Waals surface area contributed by atoms with E-state index in [2.05, 4.69) is 0 Å². The predicted octanol–water partition coefficient (Wildman–Crippen LogP) is 9.75. The molecule has 6 aromatic rings. The molecule has 0 radical (unpaired) electrons. The summed E-state index contributed by atoms with van der Waals surface area (Å²) in [6.45, 7) is 0. The van der Waals surface area contributed by atoms with E-state index in [0.717, 1.165) is 22.3 Å². The van der Waals surface area contributed by atoms with Crippen molar-refractivity contribution in [2.75, 3.05) is 14.2 Å². The van der Waals surface area contributed by atoms with Gasteiger partial charge in [0.15, 0.2) is 0 Å². The van der Waals surface area contributed by atoms with E-state index in [0.29, 0.717) is 22.6 Å². The molecule has 0 saturated heterocycles. The number of phenols is 2. The van der Waals surface area contributed by atoms with Gasteiger partial charge >= 0.3 is 0 Å². The molecule has 6 heteroatoms. The maximum atomic E-state index is 14.7. The molecule has 6 rings (SSSR count). The Balaban J connectivity index is 0.000000175. The van der Waals surface area contributed by atoms with Crippen LogP contribution in [0.15, 0.2) is 133 Å². The van der Waals surface area contributed by atoms with E-state index in [9.17, 15) is 19.0 Å². The van der Waals surface area contributed by atoms with Gasteiger partial charge in [-0.3, -0.25) is 0 Å². The van der Waals surface area contributed by atoms with Gasteiger partial charge in [0.2, 0.25) is 0 Å². The van der Waals surface area contributed by atoms with Gasteiger partial charge in [0, 0.05) is 11.1 Å². The number of aromatic hydroxyl groups is 2. The molecule has 0 fully saturated rings. The predicted molar refractivity (Wildman–Crippen MR) is 171 cm³/mol. The Kier molecular flexibility index (Phi) is 9.21. The van der Waals surface area contributed by atoms with Crippen LogP contribution in [0.1, 0.15) is 0 Å². The van der Waals surface area contributed by atoms with Crippen molar-refractivity contribution in [3.8, 4) is 67.5 Å². The van der Waals surface area contributed by atoms with Gasteiger partial charge in [-0.2, -0.15) is 0 Å². The van der Waals surface area contributed by atoms with E-state index in [1.807, 2.05) is 72.8 Å². The molecule has 0 bridgehead atoms. The molecule has 4 nitrogen and oxygen atoms in total. The maximum absolute atomic E-state index is 14.7. The summed E-state index contributed by atoms with van der Waals surface area (Å²) in [7, 11) is 3.13. The Morgan fingerprint density at radius 3 is 1.25 bits per heavy atom. The summed E-state index contributed by atoms with van der Waals surface area (Å²) in [6.07, 6.45) is 0. The molecule has 0 aliphatic heterocycles. The van der Waals surface area contributed by atoms with Crippen LogP contribution in [0.4, 0.5) is 8.78 Å². The molecule has 0 atom stereocenters. The van der Waals surface area contributed by atoms with Crippen molar-refractivity contribution in [2.45, 2.75) is 0 Å². The molecule has 0 amide bonds. The molecular weight excluding hydrogens is 558 g/mol. The van der Waals surface area contributed by atoms with Crippen LogP contribution in [0.3, 0.4) is 0 Å². The fourth-order valence-electron chi connectivity index (χ4n) is 4.98. The number of hydrogen-bond donors (Lipinski definition) is 2. The molecule has 44 heavy (non-hydrogen) atoms. The second-order valence-corrected chi connectivity index (χ2v) is 9.83. The smallest absolute Gasteiger partial charge is 0.131 e. The van der Waals surface area contributed by atoms with Crippen LogP contribution < -0.4 is 9.47 Å². The van der Waals surface area contributed by atoms with Crippen molar-refractivity contribution >= 4 is 0 Å². The third-order valence-corrected chi connectivity index (χ3v) is 7.14. The first-order valence-corrected chi connectivity index (χ1v) is 13.8. The minimum absolute atomic E-state index is 0.106. The summed E-state index contributed by atoms with van der Waals surface area (Å²) in [5.74, 6) is 0.0523. The standard InChI is InChI=1S/C20H17FO2.C18H13FO2/c1-22-18-9-6-10-19(23-2)20(18)16-12-11-15(13-17(16)21)14-7-4-3-5-8-14;19-15-11-13(12-5-2-1-3-6-12)9-10-14(15)18-16(20)7-4-8-17(18)21/h3-13H,1-2H3;1-11,20-21H. The highest BCUT2D eigenvalue weighted by Crippen LogP contribution is 2.41. The van der Waals surface area contributed by atoms with Crippen LogP contribution in [0.25, 0.3) is 44.5 Å². The van der Waals surface area contributed by atoms with E-state index in [1.54, 1.807) is 44.6 Å². The van der Waals surface area contributed by atoms with Crippen molar-refractivity contribution in [1.82, 2.24) is 0 Å². The fraction of sp³-hybridized carbons (Fsp3) is 0.0526. The first-order valence-electron chi connectivity index (χ1n) is 13.8. The average Bonchev–Trinajstić information content (AvgIpc) is 3.06. The Bertz CT molecular complexity index is 1830. The molecule has 0 aromatic heterocycles. The lowest BCUT2D eigenvalue weighted by Gasteiger charge is -2.14. The Morgan fingerprint density at radius 2 is 0.841 bits per heavy atom.